The van der Waals surface area contributed by atoms with E-state index in [4.69, 9.17) is 0 Å². The summed E-state index contributed by atoms with van der Waals surface area (Å²) in [6.07, 6.45) is 4.65. The Bertz CT molecular complexity index is 917. The highest BCUT2D eigenvalue weighted by Gasteiger charge is 2.37. The predicted molar refractivity (Wildman–Crippen MR) is 113 cm³/mol. The standard InChI is InChI=1S/C21H26FN7O/c22-16-10-14(13-25-20-26-17-11-15(30)12-18(17)27-20)2-3-19(16)28-6-8-29(9-7-28)21-23-4-1-5-24-21/h1-5,10,15,17-18,30H,6-9,11-13H2,(H2,25,26,27)/t15?,17-,18+. The van der Waals surface area contributed by atoms with Gasteiger partial charge in [0.2, 0.25) is 5.95 Å². The number of aromatic nitrogens is 2. The average molecular weight is 411 g/mol. The average Bonchev–Trinajstić information content (AvgIpc) is 3.30. The first-order valence-electron chi connectivity index (χ1n) is 10.5. The number of hydrogen-bond donors (Lipinski definition) is 3. The van der Waals surface area contributed by atoms with Crippen molar-refractivity contribution >= 4 is 17.6 Å². The van der Waals surface area contributed by atoms with Crippen molar-refractivity contribution in [3.8, 4) is 0 Å². The van der Waals surface area contributed by atoms with E-state index in [2.05, 4.69) is 35.4 Å². The Hall–Kier alpha value is -2.94. The van der Waals surface area contributed by atoms with Crippen molar-refractivity contribution in [3.63, 3.8) is 0 Å². The van der Waals surface area contributed by atoms with E-state index in [0.29, 0.717) is 18.7 Å². The van der Waals surface area contributed by atoms with Crippen molar-refractivity contribution in [2.75, 3.05) is 36.0 Å². The third kappa shape index (κ3) is 3.89. The lowest BCUT2D eigenvalue weighted by molar-refractivity contribution is 0.179. The molecule has 0 spiro atoms. The molecule has 30 heavy (non-hydrogen) atoms. The molecular formula is C21H26FN7O. The van der Waals surface area contributed by atoms with E-state index in [1.807, 2.05) is 12.1 Å². The van der Waals surface area contributed by atoms with Gasteiger partial charge < -0.3 is 25.5 Å². The molecule has 2 fully saturated rings. The molecule has 1 unspecified atom stereocenters. The molecular weight excluding hydrogens is 385 g/mol. The third-order valence-corrected chi connectivity index (χ3v) is 6.05. The van der Waals surface area contributed by atoms with Crippen LogP contribution in [0.3, 0.4) is 0 Å². The van der Waals surface area contributed by atoms with Gasteiger partial charge in [0.05, 0.1) is 23.9 Å². The van der Waals surface area contributed by atoms with E-state index in [-0.39, 0.29) is 24.0 Å². The van der Waals surface area contributed by atoms with Crippen LogP contribution in [0.4, 0.5) is 16.0 Å². The first-order chi connectivity index (χ1) is 14.7. The Morgan fingerprint density at radius 1 is 1.10 bits per heavy atom. The van der Waals surface area contributed by atoms with E-state index in [0.717, 1.165) is 50.1 Å². The number of nitrogens with one attached hydrogen (secondary N) is 2. The van der Waals surface area contributed by atoms with E-state index < -0.39 is 0 Å². The third-order valence-electron chi connectivity index (χ3n) is 6.05. The molecule has 1 saturated heterocycles. The van der Waals surface area contributed by atoms with Gasteiger partial charge >= 0.3 is 0 Å². The lowest BCUT2D eigenvalue weighted by Gasteiger charge is -2.36. The van der Waals surface area contributed by atoms with Crippen LogP contribution in [0.1, 0.15) is 18.4 Å². The number of nitrogens with zero attached hydrogens (tertiary/aromatic N) is 5. The molecule has 1 saturated carbocycles. The van der Waals surface area contributed by atoms with Crippen LogP contribution in [0.25, 0.3) is 0 Å². The van der Waals surface area contributed by atoms with Crippen LogP contribution in [0.15, 0.2) is 41.7 Å². The Labute approximate surface area is 174 Å². The highest BCUT2D eigenvalue weighted by molar-refractivity contribution is 5.82. The second-order valence-electron chi connectivity index (χ2n) is 8.08. The van der Waals surface area contributed by atoms with Gasteiger partial charge in [-0.3, -0.25) is 0 Å². The first-order valence-corrected chi connectivity index (χ1v) is 10.5. The minimum atomic E-state index is -0.262. The number of aliphatic hydroxyl groups excluding tert-OH is 1. The first kappa shape index (κ1) is 19.0. The van der Waals surface area contributed by atoms with Crippen molar-refractivity contribution in [2.24, 2.45) is 4.99 Å². The van der Waals surface area contributed by atoms with Crippen molar-refractivity contribution < 1.29 is 9.50 Å². The normalized spacial score (nSPS) is 25.7. The van der Waals surface area contributed by atoms with Crippen LogP contribution in [0, 0.1) is 5.82 Å². The van der Waals surface area contributed by atoms with Gasteiger partial charge in [-0.15, -0.1) is 0 Å². The van der Waals surface area contributed by atoms with Crippen molar-refractivity contribution in [1.29, 1.82) is 0 Å². The van der Waals surface area contributed by atoms with Gasteiger partial charge in [-0.05, 0) is 36.6 Å². The lowest BCUT2D eigenvalue weighted by Crippen LogP contribution is -2.47. The Kier molecular flexibility index (Phi) is 5.12. The summed E-state index contributed by atoms with van der Waals surface area (Å²) in [5, 5.41) is 16.2. The summed E-state index contributed by atoms with van der Waals surface area (Å²) in [6.45, 7) is 3.47. The number of hydrogen-bond acceptors (Lipinski definition) is 8. The maximum atomic E-state index is 14.8. The zero-order valence-electron chi connectivity index (χ0n) is 16.7. The van der Waals surface area contributed by atoms with E-state index >= 15 is 0 Å². The summed E-state index contributed by atoms with van der Waals surface area (Å²) >= 11 is 0. The molecule has 3 atom stereocenters. The van der Waals surface area contributed by atoms with E-state index in [1.54, 1.807) is 24.5 Å². The minimum absolute atomic E-state index is 0.140. The molecule has 0 bridgehead atoms. The van der Waals surface area contributed by atoms with Gasteiger partial charge in [0.15, 0.2) is 5.96 Å². The molecule has 1 aromatic carbocycles. The van der Waals surface area contributed by atoms with Gasteiger partial charge in [-0.25, -0.2) is 19.4 Å². The zero-order valence-corrected chi connectivity index (χ0v) is 16.7. The fourth-order valence-corrected chi connectivity index (χ4v) is 4.47. The molecule has 3 aliphatic rings. The van der Waals surface area contributed by atoms with Gasteiger partial charge in [0.25, 0.3) is 0 Å². The van der Waals surface area contributed by atoms with Crippen molar-refractivity contribution in [2.45, 2.75) is 37.6 Å². The summed E-state index contributed by atoms with van der Waals surface area (Å²) in [4.78, 5) is 17.4. The second-order valence-corrected chi connectivity index (χ2v) is 8.08. The van der Waals surface area contributed by atoms with Crippen LogP contribution >= 0.6 is 0 Å². The second kappa shape index (κ2) is 8.06. The summed E-state index contributed by atoms with van der Waals surface area (Å²) in [6, 6.07) is 7.56. The quantitative estimate of drug-likeness (QED) is 0.688. The number of rotatable bonds is 4. The minimum Gasteiger partial charge on any atom is -0.393 e. The molecule has 158 valence electrons. The molecule has 2 aliphatic heterocycles. The van der Waals surface area contributed by atoms with E-state index in [1.165, 1.54) is 0 Å². The number of halogens is 1. The number of aliphatic imine (C=N–C) groups is 1. The number of guanidine groups is 1. The highest BCUT2D eigenvalue weighted by Crippen LogP contribution is 2.26. The van der Waals surface area contributed by atoms with Gasteiger partial charge in [0.1, 0.15) is 5.82 Å². The molecule has 3 heterocycles. The number of aliphatic hydroxyl groups is 1. The maximum absolute atomic E-state index is 14.8. The highest BCUT2D eigenvalue weighted by atomic mass is 19.1. The molecule has 8 nitrogen and oxygen atoms in total. The Balaban J connectivity index is 1.16. The molecule has 9 heteroatoms. The molecule has 1 aliphatic carbocycles. The molecule has 5 rings (SSSR count). The summed E-state index contributed by atoms with van der Waals surface area (Å²) in [7, 11) is 0. The largest absolute Gasteiger partial charge is 0.393 e. The summed E-state index contributed by atoms with van der Waals surface area (Å²) < 4.78 is 14.8. The number of fused-ring (bicyclic) bond motifs is 1. The molecule has 1 aromatic heterocycles. The lowest BCUT2D eigenvalue weighted by atomic mass is 10.1. The maximum Gasteiger partial charge on any atom is 0.225 e. The molecule has 0 radical (unpaired) electrons. The number of benzene rings is 1. The van der Waals surface area contributed by atoms with Crippen LogP contribution < -0.4 is 20.4 Å². The fraction of sp³-hybridized carbons (Fsp3) is 0.476. The van der Waals surface area contributed by atoms with Crippen LogP contribution in [0.2, 0.25) is 0 Å². The van der Waals surface area contributed by atoms with Crippen LogP contribution in [0.5, 0.6) is 0 Å². The number of anilines is 2. The Morgan fingerprint density at radius 3 is 2.60 bits per heavy atom. The molecule has 0 amide bonds. The SMILES string of the molecule is OC1C[C@@H]2NC(NCc3ccc(N4CCN(c5ncccn5)CC4)c(F)c3)=N[C@@H]2C1. The van der Waals surface area contributed by atoms with Gasteiger partial charge in [0, 0.05) is 45.1 Å². The van der Waals surface area contributed by atoms with Gasteiger partial charge in [-0.2, -0.15) is 0 Å². The van der Waals surface area contributed by atoms with Crippen molar-refractivity contribution in [1.82, 2.24) is 20.6 Å². The van der Waals surface area contributed by atoms with Gasteiger partial charge in [-0.1, -0.05) is 6.07 Å². The van der Waals surface area contributed by atoms with Crippen LogP contribution in [-0.4, -0.2) is 65.4 Å². The van der Waals surface area contributed by atoms with E-state index in [9.17, 15) is 9.50 Å². The zero-order chi connectivity index (χ0) is 20.5. The smallest absolute Gasteiger partial charge is 0.225 e. The summed E-state index contributed by atoms with van der Waals surface area (Å²) in [5.74, 6) is 1.25. The summed E-state index contributed by atoms with van der Waals surface area (Å²) in [5.41, 5.74) is 1.50. The number of piperazine rings is 1. The van der Waals surface area contributed by atoms with Crippen molar-refractivity contribution in [3.05, 3.63) is 48.0 Å². The molecule has 2 aromatic rings. The predicted octanol–water partition coefficient (Wildman–Crippen LogP) is 0.883. The Morgan fingerprint density at radius 2 is 1.87 bits per heavy atom. The molecule has 3 N–H and O–H groups in total. The van der Waals surface area contributed by atoms with Crippen LogP contribution in [-0.2, 0) is 6.54 Å². The fourth-order valence-electron chi connectivity index (χ4n) is 4.47. The topological polar surface area (TPSA) is 88.9 Å². The monoisotopic (exact) mass is 411 g/mol.